The Morgan fingerprint density at radius 1 is 0.600 bits per heavy atom. The van der Waals surface area contributed by atoms with Gasteiger partial charge >= 0.3 is 0 Å². The largest absolute Gasteiger partial charge is 0.376 e. The van der Waals surface area contributed by atoms with Crippen LogP contribution in [0.25, 0.3) is 32.9 Å². The summed E-state index contributed by atoms with van der Waals surface area (Å²) in [6.45, 7) is 13.5. The molecule has 0 atom stereocenters. The molecule has 0 spiro atoms. The van der Waals surface area contributed by atoms with E-state index in [1.165, 1.54) is 21.9 Å². The number of fused-ring (bicyclic) bond motifs is 6. The summed E-state index contributed by atoms with van der Waals surface area (Å²) < 4.78 is 0. The van der Waals surface area contributed by atoms with Crippen LogP contribution in [0.4, 0.5) is 0 Å². The van der Waals surface area contributed by atoms with Crippen molar-refractivity contribution < 1.29 is 5.11 Å². The summed E-state index contributed by atoms with van der Waals surface area (Å²) in [6.07, 6.45) is 0. The smallest absolute Gasteiger partial charge is 0.143 e. The lowest BCUT2D eigenvalue weighted by molar-refractivity contribution is 0.132. The van der Waals surface area contributed by atoms with Gasteiger partial charge in [-0.05, 0) is 57.3 Å². The van der Waals surface area contributed by atoms with Crippen molar-refractivity contribution >= 4 is 21.8 Å². The van der Waals surface area contributed by atoms with Crippen LogP contribution in [-0.2, 0) is 16.4 Å². The Hall–Kier alpha value is -3.36. The predicted octanol–water partition coefficient (Wildman–Crippen LogP) is 8.18. The quantitative estimate of drug-likeness (QED) is 0.260. The highest BCUT2D eigenvalue weighted by Crippen LogP contribution is 2.53. The van der Waals surface area contributed by atoms with E-state index in [0.717, 1.165) is 38.9 Å². The highest BCUT2D eigenvalue weighted by molar-refractivity contribution is 6.09. The van der Waals surface area contributed by atoms with E-state index in [4.69, 9.17) is 0 Å². The number of nitrogens with one attached hydrogen (secondary N) is 1. The summed E-state index contributed by atoms with van der Waals surface area (Å²) in [6, 6.07) is 27.8. The summed E-state index contributed by atoms with van der Waals surface area (Å²) in [4.78, 5) is 3.71. The molecule has 4 aromatic carbocycles. The first-order valence-electron chi connectivity index (χ1n) is 12.5. The van der Waals surface area contributed by atoms with Gasteiger partial charge in [-0.3, -0.25) is 0 Å². The second-order valence-electron chi connectivity index (χ2n) is 12.1. The summed E-state index contributed by atoms with van der Waals surface area (Å²) in [5, 5.41) is 15.1. The van der Waals surface area contributed by atoms with Crippen LogP contribution < -0.4 is 0 Å². The second kappa shape index (κ2) is 7.08. The molecule has 0 bridgehead atoms. The molecule has 2 heteroatoms. The lowest BCUT2D eigenvalue weighted by Crippen LogP contribution is -2.27. The van der Waals surface area contributed by atoms with E-state index in [1.54, 1.807) is 0 Å². The molecule has 1 aliphatic rings. The molecule has 35 heavy (non-hydrogen) atoms. The number of benzene rings is 4. The summed E-state index contributed by atoms with van der Waals surface area (Å²) in [7, 11) is 0. The third-order valence-electron chi connectivity index (χ3n) is 7.75. The topological polar surface area (TPSA) is 36.0 Å². The first-order chi connectivity index (χ1) is 16.5. The molecule has 2 nitrogen and oxygen atoms in total. The van der Waals surface area contributed by atoms with Crippen molar-refractivity contribution in [2.24, 2.45) is 0 Å². The molecule has 6 rings (SSSR count). The van der Waals surface area contributed by atoms with Gasteiger partial charge in [-0.25, -0.2) is 0 Å². The fourth-order valence-corrected chi connectivity index (χ4v) is 5.69. The normalized spacial score (nSPS) is 14.9. The fraction of sp³-hybridized carbons (Fsp3) is 0.273. The lowest BCUT2D eigenvalue weighted by atomic mass is 9.78. The van der Waals surface area contributed by atoms with Crippen LogP contribution in [0, 0.1) is 0 Å². The van der Waals surface area contributed by atoms with Crippen molar-refractivity contribution in [3.63, 3.8) is 0 Å². The summed E-state index contributed by atoms with van der Waals surface area (Å²) in [5.41, 5.74) is 8.41. The van der Waals surface area contributed by atoms with Gasteiger partial charge in [0.15, 0.2) is 0 Å². The van der Waals surface area contributed by atoms with Gasteiger partial charge in [0.1, 0.15) is 5.60 Å². The van der Waals surface area contributed by atoms with E-state index in [1.807, 2.05) is 12.1 Å². The Morgan fingerprint density at radius 3 is 1.71 bits per heavy atom. The lowest BCUT2D eigenvalue weighted by Gasteiger charge is -2.29. The van der Waals surface area contributed by atoms with Gasteiger partial charge in [0, 0.05) is 33.0 Å². The molecule has 0 aliphatic heterocycles. The maximum atomic E-state index is 12.7. The minimum atomic E-state index is -1.24. The number of aromatic nitrogens is 1. The Labute approximate surface area is 207 Å². The molecule has 1 aromatic heterocycles. The minimum Gasteiger partial charge on any atom is -0.376 e. The number of aromatic amines is 1. The van der Waals surface area contributed by atoms with Crippen molar-refractivity contribution in [2.45, 2.75) is 58.0 Å². The van der Waals surface area contributed by atoms with Gasteiger partial charge in [-0.15, -0.1) is 0 Å². The van der Waals surface area contributed by atoms with Crippen LogP contribution in [0.1, 0.15) is 69.4 Å². The standard InChI is InChI=1S/C33H33NO/c1-31(2,3)20-15-16-29-24(17-20)25-18-21(32(4,5)6)19-28(30(25)34-29)33(35)26-13-9-7-11-22(26)23-12-8-10-14-27(23)33/h7-19,34-35H,1-6H3. The number of hydrogen-bond acceptors (Lipinski definition) is 1. The zero-order chi connectivity index (χ0) is 24.8. The van der Waals surface area contributed by atoms with Crippen molar-refractivity contribution in [1.82, 2.24) is 4.98 Å². The van der Waals surface area contributed by atoms with Crippen LogP contribution in [-0.4, -0.2) is 10.1 Å². The SMILES string of the molecule is CC(C)(C)c1ccc2[nH]c3c(C4(O)c5ccccc5-c5ccccc54)cc(C(C)(C)C)cc3c2c1. The molecule has 0 saturated heterocycles. The minimum absolute atomic E-state index is 0.0593. The van der Waals surface area contributed by atoms with Crippen LogP contribution in [0.5, 0.6) is 0 Å². The van der Waals surface area contributed by atoms with Gasteiger partial charge in [-0.1, -0.05) is 96.1 Å². The molecule has 176 valence electrons. The van der Waals surface area contributed by atoms with E-state index in [-0.39, 0.29) is 10.8 Å². The third-order valence-corrected chi connectivity index (χ3v) is 7.75. The maximum Gasteiger partial charge on any atom is 0.143 e. The molecule has 1 aliphatic carbocycles. The summed E-state index contributed by atoms with van der Waals surface area (Å²) in [5.74, 6) is 0. The van der Waals surface area contributed by atoms with Crippen LogP contribution in [0.3, 0.4) is 0 Å². The van der Waals surface area contributed by atoms with E-state index in [9.17, 15) is 5.11 Å². The van der Waals surface area contributed by atoms with Crippen molar-refractivity contribution in [3.8, 4) is 11.1 Å². The highest BCUT2D eigenvalue weighted by Gasteiger charge is 2.44. The van der Waals surface area contributed by atoms with Crippen LogP contribution in [0.2, 0.25) is 0 Å². The predicted molar refractivity (Wildman–Crippen MR) is 147 cm³/mol. The Balaban J connectivity index is 1.76. The average molecular weight is 460 g/mol. The number of hydrogen-bond donors (Lipinski definition) is 2. The molecule has 0 unspecified atom stereocenters. The maximum absolute atomic E-state index is 12.7. The first-order valence-corrected chi connectivity index (χ1v) is 12.5. The Bertz CT molecular complexity index is 1580. The van der Waals surface area contributed by atoms with Crippen molar-refractivity contribution in [2.75, 3.05) is 0 Å². The van der Waals surface area contributed by atoms with Gasteiger partial charge in [0.25, 0.3) is 0 Å². The van der Waals surface area contributed by atoms with Crippen LogP contribution >= 0.6 is 0 Å². The Morgan fingerprint density at radius 2 is 1.14 bits per heavy atom. The third kappa shape index (κ3) is 3.13. The van der Waals surface area contributed by atoms with E-state index in [2.05, 4.69) is 113 Å². The van der Waals surface area contributed by atoms with E-state index >= 15 is 0 Å². The molecule has 5 aromatic rings. The molecular weight excluding hydrogens is 426 g/mol. The molecular formula is C33H33NO. The zero-order valence-electron chi connectivity index (χ0n) is 21.5. The van der Waals surface area contributed by atoms with Gasteiger partial charge in [-0.2, -0.15) is 0 Å². The highest BCUT2D eigenvalue weighted by atomic mass is 16.3. The van der Waals surface area contributed by atoms with Crippen molar-refractivity contribution in [1.29, 1.82) is 0 Å². The molecule has 2 N–H and O–H groups in total. The van der Waals surface area contributed by atoms with Gasteiger partial charge in [0.05, 0.1) is 5.52 Å². The fourth-order valence-electron chi connectivity index (χ4n) is 5.69. The number of rotatable bonds is 1. The number of aliphatic hydroxyl groups is 1. The average Bonchev–Trinajstić information content (AvgIpc) is 3.31. The van der Waals surface area contributed by atoms with Crippen LogP contribution in [0.15, 0.2) is 78.9 Å². The van der Waals surface area contributed by atoms with Gasteiger partial charge < -0.3 is 10.1 Å². The summed E-state index contributed by atoms with van der Waals surface area (Å²) >= 11 is 0. The molecule has 0 saturated carbocycles. The molecule has 0 fully saturated rings. The van der Waals surface area contributed by atoms with Crippen molar-refractivity contribution in [3.05, 3.63) is 107 Å². The second-order valence-corrected chi connectivity index (χ2v) is 12.1. The monoisotopic (exact) mass is 459 g/mol. The zero-order valence-corrected chi connectivity index (χ0v) is 21.5. The molecule has 1 heterocycles. The first kappa shape index (κ1) is 22.1. The van der Waals surface area contributed by atoms with Gasteiger partial charge in [0.2, 0.25) is 0 Å². The Kier molecular flexibility index (Phi) is 4.48. The molecule has 0 amide bonds. The van der Waals surface area contributed by atoms with E-state index in [0.29, 0.717) is 0 Å². The van der Waals surface area contributed by atoms with E-state index < -0.39 is 5.60 Å². The molecule has 0 radical (unpaired) electrons. The number of H-pyrrole nitrogens is 1.